The molecule has 1 unspecified atom stereocenters. The lowest BCUT2D eigenvalue weighted by Gasteiger charge is -2.13. The molecule has 110 valence electrons. The third kappa shape index (κ3) is 4.18. The molecule has 0 fully saturated rings. The van der Waals surface area contributed by atoms with E-state index in [1.165, 1.54) is 0 Å². The van der Waals surface area contributed by atoms with Gasteiger partial charge >= 0.3 is 0 Å². The number of methoxy groups -OCH3 is 1. The number of rotatable bonds is 5. The minimum Gasteiger partial charge on any atom is -0.497 e. The largest absolute Gasteiger partial charge is 0.497 e. The van der Waals surface area contributed by atoms with Crippen LogP contribution in [0.15, 0.2) is 48.5 Å². The van der Waals surface area contributed by atoms with E-state index in [1.54, 1.807) is 37.4 Å². The summed E-state index contributed by atoms with van der Waals surface area (Å²) in [6.45, 7) is 0.163. The lowest BCUT2D eigenvalue weighted by Crippen LogP contribution is -2.28. The van der Waals surface area contributed by atoms with Crippen LogP contribution in [0.5, 0.6) is 5.75 Å². The molecule has 0 aliphatic heterocycles. The topological polar surface area (TPSA) is 58.6 Å². The van der Waals surface area contributed by atoms with E-state index < -0.39 is 6.10 Å². The summed E-state index contributed by atoms with van der Waals surface area (Å²) < 4.78 is 5.95. The quantitative estimate of drug-likeness (QED) is 0.763. The maximum atomic E-state index is 12.1. The van der Waals surface area contributed by atoms with Gasteiger partial charge in [0.2, 0.25) is 0 Å². The van der Waals surface area contributed by atoms with Crippen LogP contribution in [0.1, 0.15) is 22.0 Å². The molecule has 5 heteroatoms. The first-order chi connectivity index (χ1) is 10.1. The molecule has 1 amide bonds. The molecule has 0 radical (unpaired) electrons. The van der Waals surface area contributed by atoms with E-state index in [1.807, 2.05) is 18.2 Å². The average molecular weight is 397 g/mol. The van der Waals surface area contributed by atoms with Crippen molar-refractivity contribution >= 4 is 28.5 Å². The number of aliphatic hydroxyl groups excluding tert-OH is 1. The molecule has 2 rings (SSSR count). The van der Waals surface area contributed by atoms with Gasteiger partial charge in [0.25, 0.3) is 5.91 Å². The molecule has 4 nitrogen and oxygen atoms in total. The summed E-state index contributed by atoms with van der Waals surface area (Å²) in [5.74, 6) is 0.543. The third-order valence-corrected chi connectivity index (χ3v) is 4.02. The summed E-state index contributed by atoms with van der Waals surface area (Å²) in [5, 5.41) is 12.8. The molecule has 0 aliphatic carbocycles. The monoisotopic (exact) mass is 397 g/mol. The zero-order valence-electron chi connectivity index (χ0n) is 11.5. The van der Waals surface area contributed by atoms with E-state index in [0.717, 1.165) is 14.9 Å². The van der Waals surface area contributed by atoms with Crippen molar-refractivity contribution in [3.8, 4) is 5.75 Å². The highest BCUT2D eigenvalue weighted by Gasteiger charge is 2.12. The lowest BCUT2D eigenvalue weighted by atomic mass is 10.1. The van der Waals surface area contributed by atoms with Crippen molar-refractivity contribution in [1.82, 2.24) is 5.32 Å². The van der Waals surface area contributed by atoms with Crippen LogP contribution in [0.3, 0.4) is 0 Å². The fourth-order valence-electron chi connectivity index (χ4n) is 1.87. The Morgan fingerprint density at radius 2 is 1.90 bits per heavy atom. The Kier molecular flexibility index (Phi) is 5.58. The number of nitrogens with one attached hydrogen (secondary N) is 1. The van der Waals surface area contributed by atoms with E-state index in [9.17, 15) is 9.90 Å². The predicted molar refractivity (Wildman–Crippen MR) is 89.4 cm³/mol. The van der Waals surface area contributed by atoms with Crippen LogP contribution in [0.2, 0.25) is 0 Å². The normalized spacial score (nSPS) is 11.8. The maximum absolute atomic E-state index is 12.1. The average Bonchev–Trinajstić information content (AvgIpc) is 2.52. The van der Waals surface area contributed by atoms with Gasteiger partial charge in [-0.3, -0.25) is 4.79 Å². The second kappa shape index (κ2) is 7.42. The standard InChI is InChI=1S/C16H16INO3/c1-21-12-8-6-11(7-9-12)15(19)10-18-16(20)13-4-2-3-5-14(13)17/h2-9,15,19H,10H2,1H3,(H,18,20). The molecular formula is C16H16INO3. The Labute approximate surface area is 137 Å². The molecular weight excluding hydrogens is 381 g/mol. The van der Waals surface area contributed by atoms with Crippen LogP contribution in [-0.4, -0.2) is 24.7 Å². The molecule has 0 aliphatic rings. The van der Waals surface area contributed by atoms with Gasteiger partial charge < -0.3 is 15.2 Å². The van der Waals surface area contributed by atoms with Gasteiger partial charge in [0.1, 0.15) is 5.75 Å². The molecule has 0 aromatic heterocycles. The van der Waals surface area contributed by atoms with Gasteiger partial charge in [0, 0.05) is 10.1 Å². The minimum absolute atomic E-state index is 0.163. The number of ether oxygens (including phenoxy) is 1. The molecule has 0 heterocycles. The smallest absolute Gasteiger partial charge is 0.252 e. The number of halogens is 1. The first-order valence-electron chi connectivity index (χ1n) is 6.46. The Bertz CT molecular complexity index is 613. The van der Waals surface area contributed by atoms with Crippen LogP contribution in [0.25, 0.3) is 0 Å². The van der Waals surface area contributed by atoms with Crippen molar-refractivity contribution in [3.05, 3.63) is 63.2 Å². The second-order valence-electron chi connectivity index (χ2n) is 4.48. The van der Waals surface area contributed by atoms with Crippen molar-refractivity contribution in [2.24, 2.45) is 0 Å². The number of hydrogen-bond acceptors (Lipinski definition) is 3. The zero-order valence-corrected chi connectivity index (χ0v) is 13.7. The van der Waals surface area contributed by atoms with E-state index in [2.05, 4.69) is 27.9 Å². The molecule has 21 heavy (non-hydrogen) atoms. The van der Waals surface area contributed by atoms with Gasteiger partial charge in [-0.15, -0.1) is 0 Å². The Hall–Kier alpha value is -1.60. The van der Waals surface area contributed by atoms with Gasteiger partial charge in [-0.25, -0.2) is 0 Å². The Morgan fingerprint density at radius 3 is 2.52 bits per heavy atom. The molecule has 0 bridgehead atoms. The van der Waals surface area contributed by atoms with Crippen LogP contribution >= 0.6 is 22.6 Å². The molecule has 0 spiro atoms. The van der Waals surface area contributed by atoms with Gasteiger partial charge in [-0.2, -0.15) is 0 Å². The molecule has 1 atom stereocenters. The lowest BCUT2D eigenvalue weighted by molar-refractivity contribution is 0.0915. The first kappa shape index (κ1) is 15.8. The summed E-state index contributed by atoms with van der Waals surface area (Å²) in [6, 6.07) is 14.4. The summed E-state index contributed by atoms with van der Waals surface area (Å²) in [7, 11) is 1.59. The van der Waals surface area contributed by atoms with Crippen molar-refractivity contribution < 1.29 is 14.6 Å². The van der Waals surface area contributed by atoms with Crippen molar-refractivity contribution in [3.63, 3.8) is 0 Å². The first-order valence-corrected chi connectivity index (χ1v) is 7.54. The van der Waals surface area contributed by atoms with E-state index in [0.29, 0.717) is 5.56 Å². The number of amides is 1. The molecule has 2 aromatic carbocycles. The summed E-state index contributed by atoms with van der Waals surface area (Å²) in [6.07, 6.45) is -0.749. The van der Waals surface area contributed by atoms with Crippen molar-refractivity contribution in [2.45, 2.75) is 6.10 Å². The van der Waals surface area contributed by atoms with Gasteiger partial charge in [0.15, 0.2) is 0 Å². The van der Waals surface area contributed by atoms with Crippen molar-refractivity contribution in [2.75, 3.05) is 13.7 Å². The summed E-state index contributed by atoms with van der Waals surface area (Å²) in [4.78, 5) is 12.1. The van der Waals surface area contributed by atoms with Gasteiger partial charge in [-0.05, 0) is 52.4 Å². The van der Waals surface area contributed by atoms with E-state index in [4.69, 9.17) is 4.74 Å². The number of benzene rings is 2. The van der Waals surface area contributed by atoms with Gasteiger partial charge in [-0.1, -0.05) is 24.3 Å². The Balaban J connectivity index is 1.95. The van der Waals surface area contributed by atoms with E-state index >= 15 is 0 Å². The molecule has 0 saturated heterocycles. The SMILES string of the molecule is COc1ccc(C(O)CNC(=O)c2ccccc2I)cc1. The third-order valence-electron chi connectivity index (χ3n) is 3.08. The van der Waals surface area contributed by atoms with Crippen LogP contribution in [-0.2, 0) is 0 Å². The molecule has 2 N–H and O–H groups in total. The number of carbonyl (C=O) groups excluding carboxylic acids is 1. The van der Waals surface area contributed by atoms with E-state index in [-0.39, 0.29) is 12.5 Å². The number of aliphatic hydroxyl groups is 1. The zero-order chi connectivity index (χ0) is 15.2. The predicted octanol–water partition coefficient (Wildman–Crippen LogP) is 2.76. The highest BCUT2D eigenvalue weighted by atomic mass is 127. The molecule has 0 saturated carbocycles. The van der Waals surface area contributed by atoms with Crippen molar-refractivity contribution in [1.29, 1.82) is 0 Å². The van der Waals surface area contributed by atoms with Gasteiger partial charge in [0.05, 0.1) is 18.8 Å². The van der Waals surface area contributed by atoms with Crippen LogP contribution < -0.4 is 10.1 Å². The fraction of sp³-hybridized carbons (Fsp3) is 0.188. The Morgan fingerprint density at radius 1 is 1.24 bits per heavy atom. The summed E-state index contributed by atoms with van der Waals surface area (Å²) >= 11 is 2.11. The highest BCUT2D eigenvalue weighted by molar-refractivity contribution is 14.1. The minimum atomic E-state index is -0.749. The maximum Gasteiger partial charge on any atom is 0.252 e. The fourth-order valence-corrected chi connectivity index (χ4v) is 2.51. The van der Waals surface area contributed by atoms with Crippen LogP contribution in [0, 0.1) is 3.57 Å². The van der Waals surface area contributed by atoms with Crippen LogP contribution in [0.4, 0.5) is 0 Å². The number of hydrogen-bond donors (Lipinski definition) is 2. The second-order valence-corrected chi connectivity index (χ2v) is 5.64. The molecule has 2 aromatic rings. The number of carbonyl (C=O) groups is 1. The highest BCUT2D eigenvalue weighted by Crippen LogP contribution is 2.17. The summed E-state index contributed by atoms with van der Waals surface area (Å²) in [5.41, 5.74) is 1.35.